The summed E-state index contributed by atoms with van der Waals surface area (Å²) in [6, 6.07) is 5.65. The van der Waals surface area contributed by atoms with Gasteiger partial charge in [-0.3, -0.25) is 14.5 Å². The Labute approximate surface area is 176 Å². The Hall–Kier alpha value is -2.87. The van der Waals surface area contributed by atoms with E-state index in [0.29, 0.717) is 31.2 Å². The normalized spacial score (nSPS) is 17.3. The summed E-state index contributed by atoms with van der Waals surface area (Å²) in [7, 11) is 1.83. The second-order valence-corrected chi connectivity index (χ2v) is 8.11. The lowest BCUT2D eigenvalue weighted by atomic mass is 10.0. The third kappa shape index (κ3) is 4.48. The van der Waals surface area contributed by atoms with Crippen molar-refractivity contribution in [3.63, 3.8) is 0 Å². The predicted molar refractivity (Wildman–Crippen MR) is 112 cm³/mol. The molecule has 0 atom stereocenters. The number of carbonyl (C=O) groups is 2. The van der Waals surface area contributed by atoms with Crippen molar-refractivity contribution < 1.29 is 18.8 Å². The summed E-state index contributed by atoms with van der Waals surface area (Å²) in [4.78, 5) is 27.9. The van der Waals surface area contributed by atoms with Gasteiger partial charge in [0.25, 0.3) is 0 Å². The molecule has 2 amide bonds. The molecule has 30 heavy (non-hydrogen) atoms. The summed E-state index contributed by atoms with van der Waals surface area (Å²) in [5.74, 6) is 1.73. The first kappa shape index (κ1) is 20.4. The lowest BCUT2D eigenvalue weighted by Crippen LogP contribution is -2.49. The van der Waals surface area contributed by atoms with Crippen LogP contribution < -0.4 is 10.1 Å². The van der Waals surface area contributed by atoms with Gasteiger partial charge < -0.3 is 19.5 Å². The van der Waals surface area contributed by atoms with Crippen LogP contribution >= 0.6 is 0 Å². The summed E-state index contributed by atoms with van der Waals surface area (Å²) >= 11 is 0. The van der Waals surface area contributed by atoms with Crippen LogP contribution in [0.15, 0.2) is 22.7 Å². The Morgan fingerprint density at radius 3 is 2.77 bits per heavy atom. The molecule has 1 aliphatic heterocycles. The monoisotopic (exact) mass is 412 g/mol. The quantitative estimate of drug-likeness (QED) is 0.752. The molecule has 0 radical (unpaired) electrons. The molecule has 2 fully saturated rings. The highest BCUT2D eigenvalue weighted by molar-refractivity contribution is 5.95. The minimum atomic E-state index is 0.0631. The van der Waals surface area contributed by atoms with E-state index < -0.39 is 0 Å². The summed E-state index contributed by atoms with van der Waals surface area (Å²) in [5, 5.41) is 7.06. The van der Waals surface area contributed by atoms with E-state index in [2.05, 4.69) is 15.4 Å². The van der Waals surface area contributed by atoms with Gasteiger partial charge in [0.15, 0.2) is 0 Å². The molecule has 8 nitrogen and oxygen atoms in total. The van der Waals surface area contributed by atoms with Gasteiger partial charge in [0.2, 0.25) is 11.8 Å². The molecule has 2 heterocycles. The smallest absolute Gasteiger partial charge is 0.236 e. The lowest BCUT2D eigenvalue weighted by molar-refractivity contribution is -0.134. The predicted octanol–water partition coefficient (Wildman–Crippen LogP) is 2.46. The van der Waals surface area contributed by atoms with Gasteiger partial charge in [0, 0.05) is 43.9 Å². The fourth-order valence-electron chi connectivity index (χ4n) is 3.67. The largest absolute Gasteiger partial charge is 0.492 e. The van der Waals surface area contributed by atoms with E-state index in [1.807, 2.05) is 39.1 Å². The molecule has 0 unspecified atom stereocenters. The van der Waals surface area contributed by atoms with Gasteiger partial charge in [-0.15, -0.1) is 0 Å². The standard InChI is InChI=1S/C22H28N4O4/c1-14-21(15(2)30-24-14)18-12-17(23-22(28)16-4-5-16)6-7-19(18)29-11-10-26-9-8-25(3)20(27)13-26/h6-7,12,16H,4-5,8-11,13H2,1-3H3,(H,23,28). The maximum Gasteiger partial charge on any atom is 0.236 e. The molecule has 1 saturated heterocycles. The second kappa shape index (κ2) is 8.47. The van der Waals surface area contributed by atoms with Crippen molar-refractivity contribution in [3.05, 3.63) is 29.7 Å². The SMILES string of the molecule is Cc1noc(C)c1-c1cc(NC(=O)C2CC2)ccc1OCCN1CCN(C)C(=O)C1. The highest BCUT2D eigenvalue weighted by Crippen LogP contribution is 2.37. The zero-order valence-electron chi connectivity index (χ0n) is 17.7. The molecule has 8 heteroatoms. The number of anilines is 1. The molecule has 1 aromatic heterocycles. The average molecular weight is 412 g/mol. The van der Waals surface area contributed by atoms with Gasteiger partial charge in [0.05, 0.1) is 17.8 Å². The van der Waals surface area contributed by atoms with E-state index in [1.165, 1.54) is 0 Å². The van der Waals surface area contributed by atoms with Crippen LogP contribution in [0, 0.1) is 19.8 Å². The number of ether oxygens (including phenoxy) is 1. The number of amides is 2. The molecule has 160 valence electrons. The van der Waals surface area contributed by atoms with Crippen molar-refractivity contribution in [3.8, 4) is 16.9 Å². The van der Waals surface area contributed by atoms with Crippen molar-refractivity contribution >= 4 is 17.5 Å². The highest BCUT2D eigenvalue weighted by Gasteiger charge is 2.30. The van der Waals surface area contributed by atoms with Crippen LogP contribution in [0.2, 0.25) is 0 Å². The molecular formula is C22H28N4O4. The molecule has 2 aromatic rings. The summed E-state index contributed by atoms with van der Waals surface area (Å²) in [6.07, 6.45) is 1.91. The van der Waals surface area contributed by atoms with Crippen molar-refractivity contribution in [2.45, 2.75) is 26.7 Å². The van der Waals surface area contributed by atoms with Crippen molar-refractivity contribution in [2.24, 2.45) is 5.92 Å². The Balaban J connectivity index is 1.49. The molecule has 2 aliphatic rings. The van der Waals surface area contributed by atoms with E-state index in [4.69, 9.17) is 9.26 Å². The molecule has 0 spiro atoms. The average Bonchev–Trinajstić information content (AvgIpc) is 3.51. The first-order valence-corrected chi connectivity index (χ1v) is 10.4. The molecule has 1 aromatic carbocycles. The van der Waals surface area contributed by atoms with E-state index in [1.54, 1.807) is 4.90 Å². The van der Waals surface area contributed by atoms with Crippen molar-refractivity contribution in [1.29, 1.82) is 0 Å². The first-order valence-electron chi connectivity index (χ1n) is 10.4. The third-order valence-corrected chi connectivity index (χ3v) is 5.70. The van der Waals surface area contributed by atoms with Crippen LogP contribution in [0.1, 0.15) is 24.3 Å². The number of hydrogen-bond acceptors (Lipinski definition) is 6. The van der Waals surface area contributed by atoms with Crippen LogP contribution in [0.4, 0.5) is 5.69 Å². The molecular weight excluding hydrogens is 384 g/mol. The Morgan fingerprint density at radius 1 is 1.30 bits per heavy atom. The Morgan fingerprint density at radius 2 is 2.10 bits per heavy atom. The van der Waals surface area contributed by atoms with Gasteiger partial charge in [-0.05, 0) is 44.9 Å². The number of hydrogen-bond donors (Lipinski definition) is 1. The third-order valence-electron chi connectivity index (χ3n) is 5.70. The highest BCUT2D eigenvalue weighted by atomic mass is 16.5. The number of likely N-dealkylation sites (N-methyl/N-ethyl adjacent to an activating group) is 1. The number of aryl methyl sites for hydroxylation is 2. The molecule has 0 bridgehead atoms. The van der Waals surface area contributed by atoms with Crippen LogP contribution in [0.25, 0.3) is 11.1 Å². The zero-order chi connectivity index (χ0) is 21.3. The molecule has 1 N–H and O–H groups in total. The maximum atomic E-state index is 12.2. The van der Waals surface area contributed by atoms with Crippen LogP contribution in [0.3, 0.4) is 0 Å². The zero-order valence-corrected chi connectivity index (χ0v) is 17.7. The van der Waals surface area contributed by atoms with Gasteiger partial charge in [0.1, 0.15) is 18.1 Å². The van der Waals surface area contributed by atoms with Gasteiger partial charge in [-0.2, -0.15) is 0 Å². The van der Waals surface area contributed by atoms with Crippen molar-refractivity contribution in [1.82, 2.24) is 15.0 Å². The van der Waals surface area contributed by atoms with E-state index in [-0.39, 0.29) is 17.7 Å². The Kier molecular flexibility index (Phi) is 5.76. The summed E-state index contributed by atoms with van der Waals surface area (Å²) < 4.78 is 11.5. The molecule has 1 aliphatic carbocycles. The lowest BCUT2D eigenvalue weighted by Gasteiger charge is -2.31. The molecule has 4 rings (SSSR count). The minimum absolute atomic E-state index is 0.0631. The number of rotatable bonds is 7. The number of piperazine rings is 1. The fourth-order valence-corrected chi connectivity index (χ4v) is 3.67. The number of aromatic nitrogens is 1. The first-order chi connectivity index (χ1) is 14.4. The maximum absolute atomic E-state index is 12.2. The minimum Gasteiger partial charge on any atom is -0.492 e. The fraction of sp³-hybridized carbons (Fsp3) is 0.500. The van der Waals surface area contributed by atoms with Crippen LogP contribution in [-0.2, 0) is 9.59 Å². The van der Waals surface area contributed by atoms with Crippen LogP contribution in [-0.4, -0.2) is 66.6 Å². The second-order valence-electron chi connectivity index (χ2n) is 8.11. The van der Waals surface area contributed by atoms with E-state index in [9.17, 15) is 9.59 Å². The number of nitrogens with zero attached hydrogens (tertiary/aromatic N) is 3. The topological polar surface area (TPSA) is 87.9 Å². The van der Waals surface area contributed by atoms with E-state index in [0.717, 1.165) is 48.4 Å². The number of nitrogens with one attached hydrogen (secondary N) is 1. The number of benzene rings is 1. The number of carbonyl (C=O) groups excluding carboxylic acids is 2. The van der Waals surface area contributed by atoms with Gasteiger partial charge in [-0.1, -0.05) is 5.16 Å². The van der Waals surface area contributed by atoms with E-state index >= 15 is 0 Å². The van der Waals surface area contributed by atoms with Gasteiger partial charge in [-0.25, -0.2) is 0 Å². The summed E-state index contributed by atoms with van der Waals surface area (Å²) in [5.41, 5.74) is 3.23. The van der Waals surface area contributed by atoms with Gasteiger partial charge >= 0.3 is 0 Å². The summed E-state index contributed by atoms with van der Waals surface area (Å²) in [6.45, 7) is 6.88. The van der Waals surface area contributed by atoms with Crippen LogP contribution in [0.5, 0.6) is 5.75 Å². The Bertz CT molecular complexity index is 931. The van der Waals surface area contributed by atoms with Crippen molar-refractivity contribution in [2.75, 3.05) is 45.2 Å². The molecule has 1 saturated carbocycles.